The predicted molar refractivity (Wildman–Crippen MR) is 126 cm³/mol. The van der Waals surface area contributed by atoms with Gasteiger partial charge in [0, 0.05) is 56.0 Å². The van der Waals surface area contributed by atoms with E-state index in [1.165, 1.54) is 12.1 Å². The normalized spacial score (nSPS) is 15.7. The Morgan fingerprint density at radius 2 is 1.66 bits per heavy atom. The maximum atomic E-state index is 13.5. The standard InChI is InChI=1S/C26H31FN4O/c1-3-24-23(17-20-9-11-22(27)12-10-20)26(29-25(28-24)21-7-5-4-6-8-21)31-15-13-30(14-16-31)18-19(2)32/h4-12,19,32H,3,13-18H2,1-2H3/t19-/m1/s1. The Hall–Kier alpha value is -2.83. The van der Waals surface area contributed by atoms with Gasteiger partial charge in [0.2, 0.25) is 0 Å². The fourth-order valence-corrected chi connectivity index (χ4v) is 4.29. The Morgan fingerprint density at radius 1 is 0.969 bits per heavy atom. The van der Waals surface area contributed by atoms with Gasteiger partial charge in [0.15, 0.2) is 5.82 Å². The molecular formula is C26H31FN4O. The van der Waals surface area contributed by atoms with Crippen LogP contribution in [0, 0.1) is 5.82 Å². The van der Waals surface area contributed by atoms with Crippen LogP contribution in [0.15, 0.2) is 54.6 Å². The first kappa shape index (κ1) is 22.4. The van der Waals surface area contributed by atoms with Crippen molar-refractivity contribution in [3.63, 3.8) is 0 Å². The number of piperazine rings is 1. The summed E-state index contributed by atoms with van der Waals surface area (Å²) < 4.78 is 13.5. The molecule has 0 radical (unpaired) electrons. The van der Waals surface area contributed by atoms with E-state index in [0.717, 1.165) is 66.6 Å². The van der Waals surface area contributed by atoms with Crippen molar-refractivity contribution < 1.29 is 9.50 Å². The highest BCUT2D eigenvalue weighted by Crippen LogP contribution is 2.29. The minimum absolute atomic E-state index is 0.227. The van der Waals surface area contributed by atoms with Gasteiger partial charge in [-0.2, -0.15) is 0 Å². The van der Waals surface area contributed by atoms with Crippen LogP contribution >= 0.6 is 0 Å². The molecule has 3 aromatic rings. The first-order valence-corrected chi connectivity index (χ1v) is 11.4. The first-order valence-electron chi connectivity index (χ1n) is 11.4. The third-order valence-corrected chi connectivity index (χ3v) is 5.93. The lowest BCUT2D eigenvalue weighted by molar-refractivity contribution is 0.122. The smallest absolute Gasteiger partial charge is 0.161 e. The largest absolute Gasteiger partial charge is 0.392 e. The summed E-state index contributed by atoms with van der Waals surface area (Å²) >= 11 is 0. The summed E-state index contributed by atoms with van der Waals surface area (Å²) in [5, 5.41) is 9.74. The Labute approximate surface area is 189 Å². The number of anilines is 1. The minimum Gasteiger partial charge on any atom is -0.392 e. The zero-order valence-electron chi connectivity index (χ0n) is 18.8. The summed E-state index contributed by atoms with van der Waals surface area (Å²) in [7, 11) is 0. The number of hydrogen-bond acceptors (Lipinski definition) is 5. The van der Waals surface area contributed by atoms with Crippen molar-refractivity contribution in [3.8, 4) is 11.4 Å². The van der Waals surface area contributed by atoms with Crippen molar-refractivity contribution in [2.24, 2.45) is 0 Å². The lowest BCUT2D eigenvalue weighted by Crippen LogP contribution is -2.48. The number of hydrogen-bond donors (Lipinski definition) is 1. The molecule has 1 N–H and O–H groups in total. The quantitative estimate of drug-likeness (QED) is 0.611. The number of β-amino-alcohol motifs (C(OH)–C–C–N with tert-alkyl or cyclic N) is 1. The molecule has 5 nitrogen and oxygen atoms in total. The van der Waals surface area contributed by atoms with Crippen molar-refractivity contribution in [2.45, 2.75) is 32.8 Å². The van der Waals surface area contributed by atoms with Crippen molar-refractivity contribution in [1.29, 1.82) is 0 Å². The number of halogens is 1. The molecule has 0 unspecified atom stereocenters. The van der Waals surface area contributed by atoms with Crippen LogP contribution in [-0.2, 0) is 12.8 Å². The highest BCUT2D eigenvalue weighted by molar-refractivity contribution is 5.61. The van der Waals surface area contributed by atoms with E-state index in [9.17, 15) is 9.50 Å². The topological polar surface area (TPSA) is 52.5 Å². The van der Waals surface area contributed by atoms with Crippen LogP contribution in [0.4, 0.5) is 10.2 Å². The molecule has 0 saturated carbocycles. The molecule has 1 aliphatic heterocycles. The third kappa shape index (κ3) is 5.31. The Morgan fingerprint density at radius 3 is 2.28 bits per heavy atom. The maximum Gasteiger partial charge on any atom is 0.161 e. The van der Waals surface area contributed by atoms with Crippen LogP contribution < -0.4 is 4.90 Å². The molecule has 0 spiro atoms. The molecular weight excluding hydrogens is 403 g/mol. The van der Waals surface area contributed by atoms with Gasteiger partial charge < -0.3 is 10.0 Å². The van der Waals surface area contributed by atoms with Gasteiger partial charge in [-0.25, -0.2) is 14.4 Å². The van der Waals surface area contributed by atoms with Crippen LogP contribution in [-0.4, -0.2) is 58.8 Å². The van der Waals surface area contributed by atoms with Crippen LogP contribution in [0.1, 0.15) is 30.7 Å². The van der Waals surface area contributed by atoms with E-state index in [4.69, 9.17) is 9.97 Å². The molecule has 0 bridgehead atoms. The van der Waals surface area contributed by atoms with Crippen LogP contribution in [0.2, 0.25) is 0 Å². The van der Waals surface area contributed by atoms with E-state index in [1.54, 1.807) is 0 Å². The summed E-state index contributed by atoms with van der Waals surface area (Å²) in [6.07, 6.45) is 1.14. The molecule has 0 amide bonds. The van der Waals surface area contributed by atoms with Gasteiger partial charge in [-0.3, -0.25) is 4.90 Å². The molecule has 1 saturated heterocycles. The molecule has 2 heterocycles. The van der Waals surface area contributed by atoms with Gasteiger partial charge >= 0.3 is 0 Å². The average Bonchev–Trinajstić information content (AvgIpc) is 2.81. The predicted octanol–water partition coefficient (Wildman–Crippen LogP) is 3.94. The van der Waals surface area contributed by atoms with Gasteiger partial charge in [-0.1, -0.05) is 49.4 Å². The van der Waals surface area contributed by atoms with Crippen molar-refractivity contribution in [3.05, 3.63) is 77.2 Å². The van der Waals surface area contributed by atoms with E-state index in [0.29, 0.717) is 13.0 Å². The number of rotatable bonds is 7. The lowest BCUT2D eigenvalue weighted by atomic mass is 10.0. The molecule has 1 aliphatic rings. The zero-order chi connectivity index (χ0) is 22.5. The Kier molecular flexibility index (Phi) is 7.12. The van der Waals surface area contributed by atoms with Gasteiger partial charge in [0.05, 0.1) is 6.10 Å². The molecule has 1 aromatic heterocycles. The number of aryl methyl sites for hydroxylation is 1. The zero-order valence-corrected chi connectivity index (χ0v) is 18.8. The highest BCUT2D eigenvalue weighted by atomic mass is 19.1. The number of nitrogens with zero attached hydrogens (tertiary/aromatic N) is 4. The van der Waals surface area contributed by atoms with Crippen molar-refractivity contribution >= 4 is 5.82 Å². The molecule has 1 atom stereocenters. The SMILES string of the molecule is CCc1nc(-c2ccccc2)nc(N2CCN(C[C@@H](C)O)CC2)c1Cc1ccc(F)cc1. The molecule has 4 rings (SSSR count). The van der Waals surface area contributed by atoms with Crippen LogP contribution in [0.3, 0.4) is 0 Å². The van der Waals surface area contributed by atoms with Gasteiger partial charge in [0.25, 0.3) is 0 Å². The molecule has 1 fully saturated rings. The fourth-order valence-electron chi connectivity index (χ4n) is 4.29. The summed E-state index contributed by atoms with van der Waals surface area (Å²) in [4.78, 5) is 14.6. The van der Waals surface area contributed by atoms with Crippen molar-refractivity contribution in [2.75, 3.05) is 37.6 Å². The summed E-state index contributed by atoms with van der Waals surface area (Å²) in [6.45, 7) is 8.09. The van der Waals surface area contributed by atoms with E-state index in [2.05, 4.69) is 16.7 Å². The number of aromatic nitrogens is 2. The molecule has 6 heteroatoms. The maximum absolute atomic E-state index is 13.5. The number of aliphatic hydroxyl groups excluding tert-OH is 1. The van der Waals surface area contributed by atoms with Crippen LogP contribution in [0.5, 0.6) is 0 Å². The van der Waals surface area contributed by atoms with Crippen molar-refractivity contribution in [1.82, 2.24) is 14.9 Å². The second-order valence-corrected chi connectivity index (χ2v) is 8.46. The number of benzene rings is 2. The van der Waals surface area contributed by atoms with Gasteiger partial charge in [-0.15, -0.1) is 0 Å². The Bertz CT molecular complexity index is 1020. The van der Waals surface area contributed by atoms with E-state index in [1.807, 2.05) is 49.4 Å². The molecule has 0 aliphatic carbocycles. The number of aliphatic hydroxyl groups is 1. The van der Waals surface area contributed by atoms with E-state index in [-0.39, 0.29) is 11.9 Å². The molecule has 2 aromatic carbocycles. The second-order valence-electron chi connectivity index (χ2n) is 8.46. The fraction of sp³-hybridized carbons (Fsp3) is 0.385. The molecule has 168 valence electrons. The first-order chi connectivity index (χ1) is 15.5. The summed E-state index contributed by atoms with van der Waals surface area (Å²) in [5.74, 6) is 1.48. The van der Waals surface area contributed by atoms with Crippen LogP contribution in [0.25, 0.3) is 11.4 Å². The van der Waals surface area contributed by atoms with E-state index >= 15 is 0 Å². The third-order valence-electron chi connectivity index (χ3n) is 5.93. The summed E-state index contributed by atoms with van der Waals surface area (Å²) in [6, 6.07) is 16.8. The minimum atomic E-state index is -0.328. The van der Waals surface area contributed by atoms with Gasteiger partial charge in [0.1, 0.15) is 11.6 Å². The summed E-state index contributed by atoms with van der Waals surface area (Å²) in [5.41, 5.74) is 4.20. The van der Waals surface area contributed by atoms with E-state index < -0.39 is 0 Å². The molecule has 32 heavy (non-hydrogen) atoms. The Balaban J connectivity index is 1.71. The van der Waals surface area contributed by atoms with Gasteiger partial charge in [-0.05, 0) is 31.0 Å². The monoisotopic (exact) mass is 434 g/mol. The average molecular weight is 435 g/mol. The highest BCUT2D eigenvalue weighted by Gasteiger charge is 2.24. The second kappa shape index (κ2) is 10.2. The lowest BCUT2D eigenvalue weighted by Gasteiger charge is -2.37.